The van der Waals surface area contributed by atoms with Crippen molar-refractivity contribution in [1.29, 1.82) is 0 Å². The number of nitrogens with one attached hydrogen (secondary N) is 1. The van der Waals surface area contributed by atoms with Crippen LogP contribution in [0.5, 0.6) is 0 Å². The van der Waals surface area contributed by atoms with E-state index in [2.05, 4.69) is 39.7 Å². The standard InChI is InChI=1S/C16H15N3O3/c1-17-13(9-14-18-15(16(20)21)19-22-14)12-7-6-10-4-2-3-5-11(10)8-12/h2-8,13,17H,9H2,1H3,(H,20,21). The van der Waals surface area contributed by atoms with Gasteiger partial charge in [0.1, 0.15) is 0 Å². The van der Waals surface area contributed by atoms with Crippen LogP contribution in [0.2, 0.25) is 0 Å². The Labute approximate surface area is 126 Å². The Morgan fingerprint density at radius 3 is 2.73 bits per heavy atom. The van der Waals surface area contributed by atoms with Crippen molar-refractivity contribution in [3.05, 3.63) is 59.7 Å². The summed E-state index contributed by atoms with van der Waals surface area (Å²) in [6, 6.07) is 14.3. The maximum Gasteiger partial charge on any atom is 0.377 e. The first kappa shape index (κ1) is 14.2. The normalized spacial score (nSPS) is 12.4. The molecule has 0 spiro atoms. The molecule has 0 fully saturated rings. The van der Waals surface area contributed by atoms with E-state index in [4.69, 9.17) is 9.63 Å². The molecule has 1 aromatic heterocycles. The second-order valence-electron chi connectivity index (χ2n) is 4.97. The molecule has 2 aromatic carbocycles. The number of hydrogen-bond donors (Lipinski definition) is 2. The molecule has 6 nitrogen and oxygen atoms in total. The Morgan fingerprint density at radius 2 is 2.05 bits per heavy atom. The van der Waals surface area contributed by atoms with Gasteiger partial charge >= 0.3 is 5.97 Å². The summed E-state index contributed by atoms with van der Waals surface area (Å²) in [6.07, 6.45) is 0.426. The number of rotatable bonds is 5. The van der Waals surface area contributed by atoms with E-state index in [1.165, 1.54) is 5.39 Å². The molecule has 0 aliphatic heterocycles. The second-order valence-corrected chi connectivity index (χ2v) is 4.97. The molecule has 22 heavy (non-hydrogen) atoms. The molecule has 1 heterocycles. The van der Waals surface area contributed by atoms with Gasteiger partial charge in [0.15, 0.2) is 0 Å². The van der Waals surface area contributed by atoms with E-state index in [-0.39, 0.29) is 11.9 Å². The van der Waals surface area contributed by atoms with Crippen molar-refractivity contribution in [3.8, 4) is 0 Å². The summed E-state index contributed by atoms with van der Waals surface area (Å²) in [5.74, 6) is -1.21. The van der Waals surface area contributed by atoms with E-state index in [9.17, 15) is 4.79 Å². The molecule has 112 valence electrons. The van der Waals surface area contributed by atoms with Crippen molar-refractivity contribution in [3.63, 3.8) is 0 Å². The fourth-order valence-electron chi connectivity index (χ4n) is 2.41. The SMILES string of the molecule is CNC(Cc1nc(C(=O)O)no1)c1ccc2ccccc2c1. The van der Waals surface area contributed by atoms with Gasteiger partial charge in [-0.2, -0.15) is 4.98 Å². The number of fused-ring (bicyclic) bond motifs is 1. The third-order valence-electron chi connectivity index (χ3n) is 3.56. The number of hydrogen-bond acceptors (Lipinski definition) is 5. The Morgan fingerprint density at radius 1 is 1.27 bits per heavy atom. The summed E-state index contributed by atoms with van der Waals surface area (Å²) in [7, 11) is 1.84. The topological polar surface area (TPSA) is 88.2 Å². The molecule has 1 unspecified atom stereocenters. The van der Waals surface area contributed by atoms with E-state index >= 15 is 0 Å². The van der Waals surface area contributed by atoms with Crippen molar-refractivity contribution in [2.24, 2.45) is 0 Å². The highest BCUT2D eigenvalue weighted by Crippen LogP contribution is 2.22. The number of benzene rings is 2. The molecule has 0 bridgehead atoms. The number of carboxylic acid groups (broad SMARTS) is 1. The van der Waals surface area contributed by atoms with Crippen molar-refractivity contribution < 1.29 is 14.4 Å². The number of likely N-dealkylation sites (N-methyl/N-ethyl adjacent to an activating group) is 1. The Bertz CT molecular complexity index is 813. The van der Waals surface area contributed by atoms with Gasteiger partial charge < -0.3 is 14.9 Å². The van der Waals surface area contributed by atoms with Crippen LogP contribution >= 0.6 is 0 Å². The maximum atomic E-state index is 10.8. The van der Waals surface area contributed by atoms with Crippen LogP contribution in [0.4, 0.5) is 0 Å². The number of carbonyl (C=O) groups is 1. The predicted octanol–water partition coefficient (Wildman–Crippen LogP) is 2.42. The molecule has 3 rings (SSSR count). The Kier molecular flexibility index (Phi) is 3.84. The van der Waals surface area contributed by atoms with Crippen LogP contribution < -0.4 is 5.32 Å². The second kappa shape index (κ2) is 5.95. The fourth-order valence-corrected chi connectivity index (χ4v) is 2.41. The number of aromatic nitrogens is 2. The summed E-state index contributed by atoms with van der Waals surface area (Å²) in [4.78, 5) is 14.7. The molecule has 0 saturated heterocycles. The van der Waals surface area contributed by atoms with Crippen molar-refractivity contribution in [2.75, 3.05) is 7.05 Å². The molecule has 0 amide bonds. The summed E-state index contributed by atoms with van der Waals surface area (Å²) in [5, 5.41) is 17.8. The van der Waals surface area contributed by atoms with Gasteiger partial charge in [-0.05, 0) is 34.6 Å². The summed E-state index contributed by atoms with van der Waals surface area (Å²) in [5.41, 5.74) is 1.08. The van der Waals surface area contributed by atoms with Gasteiger partial charge in [0.2, 0.25) is 5.89 Å². The number of nitrogens with zero attached hydrogens (tertiary/aromatic N) is 2. The Balaban J connectivity index is 1.86. The van der Waals surface area contributed by atoms with E-state index in [0.717, 1.165) is 10.9 Å². The van der Waals surface area contributed by atoms with Crippen LogP contribution in [-0.2, 0) is 6.42 Å². The molecule has 6 heteroatoms. The highest BCUT2D eigenvalue weighted by Gasteiger charge is 2.18. The van der Waals surface area contributed by atoms with Gasteiger partial charge in [0.05, 0.1) is 0 Å². The van der Waals surface area contributed by atoms with Gasteiger partial charge in [-0.1, -0.05) is 36.4 Å². The minimum absolute atomic E-state index is 0.0355. The van der Waals surface area contributed by atoms with Crippen molar-refractivity contribution in [2.45, 2.75) is 12.5 Å². The average Bonchev–Trinajstić information content (AvgIpc) is 3.01. The first-order valence-electron chi connectivity index (χ1n) is 6.89. The molecule has 0 saturated carbocycles. The smallest absolute Gasteiger partial charge is 0.377 e. The van der Waals surface area contributed by atoms with Gasteiger partial charge in [-0.25, -0.2) is 4.79 Å². The lowest BCUT2D eigenvalue weighted by molar-refractivity contribution is 0.0680. The predicted molar refractivity (Wildman–Crippen MR) is 80.7 cm³/mol. The van der Waals surface area contributed by atoms with E-state index in [1.54, 1.807) is 0 Å². The lowest BCUT2D eigenvalue weighted by Gasteiger charge is -2.15. The van der Waals surface area contributed by atoms with E-state index in [1.807, 2.05) is 25.2 Å². The molecule has 0 radical (unpaired) electrons. The molecule has 2 N–H and O–H groups in total. The lowest BCUT2D eigenvalue weighted by Crippen LogP contribution is -2.19. The molecule has 3 aromatic rings. The van der Waals surface area contributed by atoms with Crippen LogP contribution in [0.1, 0.15) is 28.1 Å². The van der Waals surface area contributed by atoms with E-state index in [0.29, 0.717) is 12.3 Å². The van der Waals surface area contributed by atoms with Crippen LogP contribution in [0.3, 0.4) is 0 Å². The summed E-state index contributed by atoms with van der Waals surface area (Å²) < 4.78 is 4.99. The summed E-state index contributed by atoms with van der Waals surface area (Å²) in [6.45, 7) is 0. The van der Waals surface area contributed by atoms with Crippen LogP contribution in [0.15, 0.2) is 47.0 Å². The molecular formula is C16H15N3O3. The molecule has 0 aliphatic carbocycles. The van der Waals surface area contributed by atoms with Gasteiger partial charge in [0.25, 0.3) is 5.82 Å². The average molecular weight is 297 g/mol. The van der Waals surface area contributed by atoms with Gasteiger partial charge in [-0.15, -0.1) is 0 Å². The zero-order valence-electron chi connectivity index (χ0n) is 12.0. The van der Waals surface area contributed by atoms with Gasteiger partial charge in [0, 0.05) is 12.5 Å². The lowest BCUT2D eigenvalue weighted by atomic mass is 10.00. The molecule has 1 atom stereocenters. The fraction of sp³-hybridized carbons (Fsp3) is 0.188. The zero-order valence-corrected chi connectivity index (χ0v) is 12.0. The molecule has 0 aliphatic rings. The first-order chi connectivity index (χ1) is 10.7. The monoisotopic (exact) mass is 297 g/mol. The van der Waals surface area contributed by atoms with Crippen molar-refractivity contribution >= 4 is 16.7 Å². The summed E-state index contributed by atoms with van der Waals surface area (Å²) >= 11 is 0. The van der Waals surface area contributed by atoms with Crippen LogP contribution in [-0.4, -0.2) is 28.3 Å². The zero-order chi connectivity index (χ0) is 15.5. The highest BCUT2D eigenvalue weighted by molar-refractivity contribution is 5.83. The van der Waals surface area contributed by atoms with Gasteiger partial charge in [-0.3, -0.25) is 0 Å². The molecular weight excluding hydrogens is 282 g/mol. The van der Waals surface area contributed by atoms with Crippen LogP contribution in [0.25, 0.3) is 10.8 Å². The van der Waals surface area contributed by atoms with Crippen molar-refractivity contribution in [1.82, 2.24) is 15.5 Å². The first-order valence-corrected chi connectivity index (χ1v) is 6.89. The number of carboxylic acids is 1. The quantitative estimate of drug-likeness (QED) is 0.752. The minimum atomic E-state index is -1.19. The minimum Gasteiger partial charge on any atom is -0.475 e. The number of aromatic carboxylic acids is 1. The largest absolute Gasteiger partial charge is 0.475 e. The third kappa shape index (κ3) is 2.82. The Hall–Kier alpha value is -2.73. The highest BCUT2D eigenvalue weighted by atomic mass is 16.5. The van der Waals surface area contributed by atoms with Crippen LogP contribution in [0, 0.1) is 0 Å². The third-order valence-corrected chi connectivity index (χ3v) is 3.56. The van der Waals surface area contributed by atoms with E-state index < -0.39 is 5.97 Å². The maximum absolute atomic E-state index is 10.8.